The van der Waals surface area contributed by atoms with Gasteiger partial charge in [0.1, 0.15) is 10.8 Å². The molecule has 3 N–H and O–H groups in total. The molecule has 1 amide bonds. The van der Waals surface area contributed by atoms with Gasteiger partial charge in [-0.15, -0.1) is 11.3 Å². The number of amides is 1. The van der Waals surface area contributed by atoms with Crippen molar-refractivity contribution in [3.63, 3.8) is 0 Å². The zero-order valence-corrected chi connectivity index (χ0v) is 20.7. The van der Waals surface area contributed by atoms with Crippen molar-refractivity contribution >= 4 is 49.0 Å². The van der Waals surface area contributed by atoms with E-state index in [4.69, 9.17) is 14.6 Å². The predicted octanol–water partition coefficient (Wildman–Crippen LogP) is 2.53. The van der Waals surface area contributed by atoms with Crippen LogP contribution in [0.25, 0.3) is 16.5 Å². The normalized spacial score (nSPS) is 11.3. The number of anilines is 1. The van der Waals surface area contributed by atoms with Gasteiger partial charge in [0.05, 0.1) is 29.7 Å². The predicted molar refractivity (Wildman–Crippen MR) is 133 cm³/mol. The second-order valence-electron chi connectivity index (χ2n) is 7.36. The standard InChI is InChI=1S/C23H20N4O7S2/c1-3-34-23(30)19-17-12-35-21(25-20(28)13-7-9-16(10-8-13)36(24,31)32)18(17)22(29)27(26-19)14-5-4-6-15(11-14)33-2/h4-12H,3H2,1-2H3,(H,25,28)(H2,24,31,32). The van der Waals surface area contributed by atoms with Gasteiger partial charge in [0.2, 0.25) is 10.0 Å². The fraction of sp³-hybridized carbons (Fsp3) is 0.130. The summed E-state index contributed by atoms with van der Waals surface area (Å²) < 4.78 is 34.3. The number of methoxy groups -OCH3 is 1. The number of hydrogen-bond donors (Lipinski definition) is 2. The molecule has 0 spiro atoms. The van der Waals surface area contributed by atoms with E-state index in [1.807, 2.05) is 0 Å². The Morgan fingerprint density at radius 1 is 1.17 bits per heavy atom. The Bertz CT molecular complexity index is 1640. The summed E-state index contributed by atoms with van der Waals surface area (Å²) in [6.07, 6.45) is 0. The van der Waals surface area contributed by atoms with Crippen LogP contribution in [0.4, 0.5) is 5.00 Å². The molecule has 2 aromatic heterocycles. The van der Waals surface area contributed by atoms with Crippen LogP contribution >= 0.6 is 11.3 Å². The van der Waals surface area contributed by atoms with Crippen molar-refractivity contribution in [2.75, 3.05) is 19.0 Å². The Kier molecular flexibility index (Phi) is 6.88. The molecule has 0 aliphatic carbocycles. The lowest BCUT2D eigenvalue weighted by Gasteiger charge is -2.11. The van der Waals surface area contributed by atoms with Crippen molar-refractivity contribution in [3.05, 3.63) is 75.5 Å². The lowest BCUT2D eigenvalue weighted by molar-refractivity contribution is 0.0520. The van der Waals surface area contributed by atoms with Crippen molar-refractivity contribution < 1.29 is 27.5 Å². The van der Waals surface area contributed by atoms with E-state index in [0.29, 0.717) is 11.4 Å². The van der Waals surface area contributed by atoms with Gasteiger partial charge in [-0.1, -0.05) is 6.07 Å². The number of benzene rings is 2. The number of fused-ring (bicyclic) bond motifs is 1. The number of aromatic nitrogens is 2. The molecule has 0 saturated carbocycles. The maximum atomic E-state index is 13.5. The fourth-order valence-corrected chi connectivity index (χ4v) is 4.83. The molecule has 0 unspecified atom stereocenters. The minimum absolute atomic E-state index is 0.0652. The average Bonchev–Trinajstić information content (AvgIpc) is 3.28. The van der Waals surface area contributed by atoms with Gasteiger partial charge >= 0.3 is 5.97 Å². The van der Waals surface area contributed by atoms with Crippen LogP contribution in [-0.4, -0.2) is 43.8 Å². The van der Waals surface area contributed by atoms with Crippen molar-refractivity contribution in [2.45, 2.75) is 11.8 Å². The Morgan fingerprint density at radius 2 is 1.89 bits per heavy atom. The Morgan fingerprint density at radius 3 is 2.53 bits per heavy atom. The van der Waals surface area contributed by atoms with Gasteiger partial charge in [0, 0.05) is 22.4 Å². The first-order chi connectivity index (χ1) is 17.1. The number of ether oxygens (including phenoxy) is 2. The molecular weight excluding hydrogens is 508 g/mol. The second-order valence-corrected chi connectivity index (χ2v) is 9.81. The van der Waals surface area contributed by atoms with Crippen LogP contribution in [0.5, 0.6) is 5.75 Å². The first-order valence-corrected chi connectivity index (χ1v) is 12.9. The molecule has 0 radical (unpaired) electrons. The number of carbonyl (C=O) groups is 2. The van der Waals surface area contributed by atoms with E-state index in [1.54, 1.807) is 31.2 Å². The fourth-order valence-electron chi connectivity index (χ4n) is 3.38. The molecule has 4 aromatic rings. The third-order valence-electron chi connectivity index (χ3n) is 5.09. The molecule has 13 heteroatoms. The summed E-state index contributed by atoms with van der Waals surface area (Å²) >= 11 is 1.03. The monoisotopic (exact) mass is 528 g/mol. The smallest absolute Gasteiger partial charge is 0.359 e. The zero-order chi connectivity index (χ0) is 26.0. The van der Waals surface area contributed by atoms with Gasteiger partial charge < -0.3 is 14.8 Å². The summed E-state index contributed by atoms with van der Waals surface area (Å²) in [5.41, 5.74) is -0.193. The molecule has 0 aliphatic rings. The van der Waals surface area contributed by atoms with E-state index in [2.05, 4.69) is 10.4 Å². The zero-order valence-electron chi connectivity index (χ0n) is 19.0. The van der Waals surface area contributed by atoms with E-state index in [-0.39, 0.29) is 38.5 Å². The van der Waals surface area contributed by atoms with Gasteiger partial charge in [-0.2, -0.15) is 9.78 Å². The third-order valence-corrected chi connectivity index (χ3v) is 6.92. The number of primary sulfonamides is 1. The largest absolute Gasteiger partial charge is 0.497 e. The van der Waals surface area contributed by atoms with Gasteiger partial charge in [0.25, 0.3) is 11.5 Å². The Hall–Kier alpha value is -4.07. The number of carbonyl (C=O) groups excluding carboxylic acids is 2. The summed E-state index contributed by atoms with van der Waals surface area (Å²) in [5.74, 6) is -0.851. The number of nitrogens with one attached hydrogen (secondary N) is 1. The summed E-state index contributed by atoms with van der Waals surface area (Å²) in [4.78, 5) is 38.9. The van der Waals surface area contributed by atoms with E-state index in [0.717, 1.165) is 16.0 Å². The number of rotatable bonds is 7. The topological polar surface area (TPSA) is 160 Å². The summed E-state index contributed by atoms with van der Waals surface area (Å²) in [5, 5.41) is 14.0. The van der Waals surface area contributed by atoms with Crippen molar-refractivity contribution in [2.24, 2.45) is 5.14 Å². The molecule has 2 heterocycles. The lowest BCUT2D eigenvalue weighted by Crippen LogP contribution is -2.25. The number of sulfonamides is 1. The van der Waals surface area contributed by atoms with Gasteiger partial charge in [-0.05, 0) is 43.3 Å². The van der Waals surface area contributed by atoms with Crippen molar-refractivity contribution in [1.29, 1.82) is 0 Å². The number of hydrogen-bond acceptors (Lipinski definition) is 9. The van der Waals surface area contributed by atoms with Crippen LogP contribution in [0.15, 0.2) is 63.6 Å². The van der Waals surface area contributed by atoms with Crippen LogP contribution in [0.2, 0.25) is 0 Å². The van der Waals surface area contributed by atoms with Gasteiger partial charge in [-0.3, -0.25) is 9.59 Å². The SMILES string of the molecule is CCOC(=O)c1nn(-c2cccc(OC)c2)c(=O)c2c(NC(=O)c3ccc(S(N)(=O)=O)cc3)scc12. The molecule has 36 heavy (non-hydrogen) atoms. The number of esters is 1. The van der Waals surface area contributed by atoms with Crippen molar-refractivity contribution in [1.82, 2.24) is 9.78 Å². The van der Waals surface area contributed by atoms with Gasteiger partial charge in [-0.25, -0.2) is 18.4 Å². The minimum atomic E-state index is -3.92. The van der Waals surface area contributed by atoms with Crippen LogP contribution in [-0.2, 0) is 14.8 Å². The highest BCUT2D eigenvalue weighted by molar-refractivity contribution is 7.89. The van der Waals surface area contributed by atoms with Crippen LogP contribution in [0, 0.1) is 0 Å². The van der Waals surface area contributed by atoms with Crippen molar-refractivity contribution in [3.8, 4) is 11.4 Å². The molecule has 0 saturated heterocycles. The van der Waals surface area contributed by atoms with E-state index in [9.17, 15) is 22.8 Å². The second kappa shape index (κ2) is 9.89. The Labute approximate surface area is 209 Å². The summed E-state index contributed by atoms with van der Waals surface area (Å²) in [6, 6.07) is 11.6. The lowest BCUT2D eigenvalue weighted by atomic mass is 10.2. The van der Waals surface area contributed by atoms with Crippen LogP contribution in [0.1, 0.15) is 27.8 Å². The molecule has 186 valence electrons. The molecular formula is C23H20N4O7S2. The van der Waals surface area contributed by atoms with E-state index >= 15 is 0 Å². The molecule has 0 atom stereocenters. The highest BCUT2D eigenvalue weighted by Gasteiger charge is 2.23. The maximum absolute atomic E-state index is 13.5. The highest BCUT2D eigenvalue weighted by Crippen LogP contribution is 2.31. The maximum Gasteiger partial charge on any atom is 0.359 e. The molecule has 0 fully saturated rings. The minimum Gasteiger partial charge on any atom is -0.497 e. The van der Waals surface area contributed by atoms with Gasteiger partial charge in [0.15, 0.2) is 5.69 Å². The van der Waals surface area contributed by atoms with Crippen LogP contribution < -0.4 is 20.8 Å². The quantitative estimate of drug-likeness (QED) is 0.346. The molecule has 0 aliphatic heterocycles. The number of thiophene rings is 1. The summed E-state index contributed by atoms with van der Waals surface area (Å²) in [6.45, 7) is 1.75. The summed E-state index contributed by atoms with van der Waals surface area (Å²) in [7, 11) is -2.44. The molecule has 4 rings (SSSR count). The van der Waals surface area contributed by atoms with E-state index in [1.165, 1.54) is 36.8 Å². The molecule has 11 nitrogen and oxygen atoms in total. The number of nitrogens with two attached hydrogens (primary N) is 1. The highest BCUT2D eigenvalue weighted by atomic mass is 32.2. The van der Waals surface area contributed by atoms with E-state index < -0.39 is 27.5 Å². The first-order valence-electron chi connectivity index (χ1n) is 10.4. The molecule has 2 aromatic carbocycles. The third kappa shape index (κ3) is 4.84. The van der Waals surface area contributed by atoms with Crippen LogP contribution in [0.3, 0.4) is 0 Å². The Balaban J connectivity index is 1.83. The molecule has 0 bridgehead atoms. The average molecular weight is 529 g/mol. The number of nitrogens with zero attached hydrogens (tertiary/aromatic N) is 2. The first kappa shape index (κ1) is 25.0.